The molecular weight excluding hydrogens is 282 g/mol. The normalized spacial score (nSPS) is 24.5. The number of carbonyl (C=O) groups is 1. The summed E-state index contributed by atoms with van der Waals surface area (Å²) < 4.78 is 16.3. The second-order valence-corrected chi connectivity index (χ2v) is 6.28. The number of aryl methyl sites for hydroxylation is 1. The fourth-order valence-electron chi connectivity index (χ4n) is 3.82. The first-order chi connectivity index (χ1) is 10.8. The van der Waals surface area contributed by atoms with Crippen molar-refractivity contribution >= 4 is 5.91 Å². The van der Waals surface area contributed by atoms with Gasteiger partial charge in [0.2, 0.25) is 0 Å². The average molecular weight is 307 g/mol. The Bertz CT molecular complexity index is 511. The lowest BCUT2D eigenvalue weighted by Gasteiger charge is -2.29. The predicted octanol–water partition coefficient (Wildman–Crippen LogP) is 2.42. The highest BCUT2D eigenvalue weighted by Gasteiger charge is 2.39. The van der Waals surface area contributed by atoms with Crippen LogP contribution >= 0.6 is 0 Å². The lowest BCUT2D eigenvalue weighted by atomic mass is 9.93. The average Bonchev–Trinajstić information content (AvgIpc) is 3.12. The van der Waals surface area contributed by atoms with E-state index in [1.807, 2.05) is 4.90 Å². The van der Waals surface area contributed by atoms with Crippen LogP contribution in [0, 0.1) is 0 Å². The van der Waals surface area contributed by atoms with Gasteiger partial charge in [-0.1, -0.05) is 0 Å². The van der Waals surface area contributed by atoms with Crippen LogP contribution in [0.1, 0.15) is 47.4 Å². The number of hydrogen-bond acceptors (Lipinski definition) is 4. The second-order valence-electron chi connectivity index (χ2n) is 6.28. The molecule has 22 heavy (non-hydrogen) atoms. The van der Waals surface area contributed by atoms with E-state index in [0.717, 1.165) is 37.7 Å². The van der Waals surface area contributed by atoms with Gasteiger partial charge < -0.3 is 18.8 Å². The van der Waals surface area contributed by atoms with Gasteiger partial charge in [0, 0.05) is 19.8 Å². The molecule has 0 spiro atoms. The highest BCUT2D eigenvalue weighted by Crippen LogP contribution is 2.31. The van der Waals surface area contributed by atoms with Crippen molar-refractivity contribution in [3.05, 3.63) is 23.2 Å². The monoisotopic (exact) mass is 307 g/mol. The summed E-state index contributed by atoms with van der Waals surface area (Å²) in [6.45, 7) is 1.13. The fraction of sp³-hybridized carbons (Fsp3) is 0.706. The van der Waals surface area contributed by atoms with E-state index in [4.69, 9.17) is 13.9 Å². The van der Waals surface area contributed by atoms with E-state index in [-0.39, 0.29) is 18.0 Å². The van der Waals surface area contributed by atoms with E-state index < -0.39 is 0 Å². The molecule has 5 nitrogen and oxygen atoms in total. The van der Waals surface area contributed by atoms with Crippen molar-refractivity contribution in [2.24, 2.45) is 0 Å². The maximum atomic E-state index is 13.1. The molecule has 0 N–H and O–H groups in total. The van der Waals surface area contributed by atoms with Crippen LogP contribution in [0.4, 0.5) is 0 Å². The summed E-state index contributed by atoms with van der Waals surface area (Å²) in [4.78, 5) is 15.0. The zero-order valence-electron chi connectivity index (χ0n) is 13.5. The van der Waals surface area contributed by atoms with Crippen molar-refractivity contribution in [3.63, 3.8) is 0 Å². The Kier molecular flexibility index (Phi) is 4.84. The highest BCUT2D eigenvalue weighted by molar-refractivity contribution is 5.94. The summed E-state index contributed by atoms with van der Waals surface area (Å²) in [5, 5.41) is 0. The van der Waals surface area contributed by atoms with Crippen LogP contribution < -0.4 is 0 Å². The largest absolute Gasteiger partial charge is 0.459 e. The number of fused-ring (bicyclic) bond motifs is 1. The molecule has 1 aromatic heterocycles. The number of nitrogens with zero attached hydrogens (tertiary/aromatic N) is 1. The van der Waals surface area contributed by atoms with Gasteiger partial charge in [0.25, 0.3) is 5.91 Å². The van der Waals surface area contributed by atoms with Crippen LogP contribution in [0.15, 0.2) is 10.7 Å². The van der Waals surface area contributed by atoms with Crippen LogP contribution in [0.25, 0.3) is 0 Å². The highest BCUT2D eigenvalue weighted by atomic mass is 16.5. The molecule has 2 heterocycles. The quantitative estimate of drug-likeness (QED) is 0.838. The van der Waals surface area contributed by atoms with Crippen LogP contribution in [0.2, 0.25) is 0 Å². The molecule has 0 unspecified atom stereocenters. The van der Waals surface area contributed by atoms with Gasteiger partial charge in [0.15, 0.2) is 5.76 Å². The number of amides is 1. The molecule has 1 aromatic rings. The summed E-state index contributed by atoms with van der Waals surface area (Å²) >= 11 is 0. The molecule has 1 saturated heterocycles. The number of methoxy groups -OCH3 is 2. The first-order valence-electron chi connectivity index (χ1n) is 8.16. The Balaban J connectivity index is 1.85. The molecular formula is C17H25NO4. The summed E-state index contributed by atoms with van der Waals surface area (Å²) in [5.41, 5.74) is 2.33. The molecule has 5 heteroatoms. The molecule has 0 radical (unpaired) electrons. The van der Waals surface area contributed by atoms with Crippen LogP contribution in [-0.4, -0.2) is 50.3 Å². The molecule has 0 bridgehead atoms. The van der Waals surface area contributed by atoms with Gasteiger partial charge >= 0.3 is 0 Å². The van der Waals surface area contributed by atoms with E-state index in [2.05, 4.69) is 0 Å². The second kappa shape index (κ2) is 6.84. The van der Waals surface area contributed by atoms with E-state index in [1.165, 1.54) is 12.0 Å². The maximum absolute atomic E-state index is 13.1. The zero-order chi connectivity index (χ0) is 15.5. The molecule has 2 aliphatic rings. The number of likely N-dealkylation sites (tertiary alicyclic amines) is 1. The summed E-state index contributed by atoms with van der Waals surface area (Å²) in [5.74, 6) is 0.545. The molecule has 0 saturated carbocycles. The Morgan fingerprint density at radius 3 is 2.45 bits per heavy atom. The molecule has 1 fully saturated rings. The van der Waals surface area contributed by atoms with Gasteiger partial charge in [0.05, 0.1) is 31.6 Å². The molecule has 1 amide bonds. The zero-order valence-corrected chi connectivity index (χ0v) is 13.5. The van der Waals surface area contributed by atoms with Gasteiger partial charge in [-0.25, -0.2) is 0 Å². The van der Waals surface area contributed by atoms with Gasteiger partial charge in [-0.3, -0.25) is 4.79 Å². The third-order valence-electron chi connectivity index (χ3n) is 4.87. The number of ether oxygens (including phenoxy) is 2. The molecule has 1 aliphatic carbocycles. The summed E-state index contributed by atoms with van der Waals surface area (Å²) in [7, 11) is 3.36. The lowest BCUT2D eigenvalue weighted by molar-refractivity contribution is 0.0392. The Labute approximate surface area is 131 Å². The lowest BCUT2D eigenvalue weighted by Crippen LogP contribution is -2.45. The third-order valence-corrected chi connectivity index (χ3v) is 4.87. The van der Waals surface area contributed by atoms with Gasteiger partial charge in [-0.2, -0.15) is 0 Å². The van der Waals surface area contributed by atoms with Crippen LogP contribution in [0.3, 0.4) is 0 Å². The minimum absolute atomic E-state index is 0.00440. The Hall–Kier alpha value is -1.33. The fourth-order valence-corrected chi connectivity index (χ4v) is 3.82. The number of carbonyl (C=O) groups excluding carboxylic acids is 1. The standard InChI is InChI=1S/C17H25NO4/c1-20-10-13-7-8-14(11-21-2)18(13)17(19)16-15-6-4-3-5-12(15)9-22-16/h9,13-14H,3-8,10-11H2,1-2H3/t13-,14-/m1/s1. The van der Waals surface area contributed by atoms with Gasteiger partial charge in [0.1, 0.15) is 0 Å². The van der Waals surface area contributed by atoms with Crippen molar-refractivity contribution in [1.29, 1.82) is 0 Å². The van der Waals surface area contributed by atoms with Crippen LogP contribution in [0.5, 0.6) is 0 Å². The Morgan fingerprint density at radius 1 is 1.18 bits per heavy atom. The molecule has 2 atom stereocenters. The van der Waals surface area contributed by atoms with Crippen molar-refractivity contribution in [1.82, 2.24) is 4.90 Å². The van der Waals surface area contributed by atoms with E-state index >= 15 is 0 Å². The van der Waals surface area contributed by atoms with Crippen LogP contribution in [-0.2, 0) is 22.3 Å². The van der Waals surface area contributed by atoms with Crippen molar-refractivity contribution < 1.29 is 18.7 Å². The molecule has 0 aromatic carbocycles. The molecule has 1 aliphatic heterocycles. The topological polar surface area (TPSA) is 51.9 Å². The maximum Gasteiger partial charge on any atom is 0.290 e. The third kappa shape index (κ3) is 2.79. The summed E-state index contributed by atoms with van der Waals surface area (Å²) in [6.07, 6.45) is 7.97. The number of furan rings is 1. The smallest absolute Gasteiger partial charge is 0.290 e. The first-order valence-corrected chi connectivity index (χ1v) is 8.16. The Morgan fingerprint density at radius 2 is 1.82 bits per heavy atom. The first kappa shape index (κ1) is 15.6. The van der Waals surface area contributed by atoms with E-state index in [0.29, 0.717) is 19.0 Å². The van der Waals surface area contributed by atoms with Crippen molar-refractivity contribution in [2.75, 3.05) is 27.4 Å². The molecule has 3 rings (SSSR count). The SMILES string of the molecule is COC[C@H]1CC[C@H](COC)N1C(=O)c1occ2c1CCCC2. The minimum atomic E-state index is 0.00440. The summed E-state index contributed by atoms with van der Waals surface area (Å²) in [6, 6.07) is 0.226. The molecule has 122 valence electrons. The minimum Gasteiger partial charge on any atom is -0.459 e. The van der Waals surface area contributed by atoms with E-state index in [1.54, 1.807) is 20.5 Å². The number of rotatable bonds is 5. The van der Waals surface area contributed by atoms with Crippen molar-refractivity contribution in [3.8, 4) is 0 Å². The van der Waals surface area contributed by atoms with E-state index in [9.17, 15) is 4.79 Å². The van der Waals surface area contributed by atoms with Gasteiger partial charge in [-0.15, -0.1) is 0 Å². The number of hydrogen-bond donors (Lipinski definition) is 0. The van der Waals surface area contributed by atoms with Gasteiger partial charge in [-0.05, 0) is 44.1 Å². The van der Waals surface area contributed by atoms with Crippen molar-refractivity contribution in [2.45, 2.75) is 50.6 Å². The predicted molar refractivity (Wildman–Crippen MR) is 82.1 cm³/mol.